The normalized spacial score (nSPS) is 16.4. The summed E-state index contributed by atoms with van der Waals surface area (Å²) in [6, 6.07) is 10.2. The van der Waals surface area contributed by atoms with Gasteiger partial charge in [-0.25, -0.2) is 4.99 Å². The lowest BCUT2D eigenvalue weighted by Crippen LogP contribution is -2.48. The van der Waals surface area contributed by atoms with Crippen LogP contribution in [0.3, 0.4) is 0 Å². The highest BCUT2D eigenvalue weighted by molar-refractivity contribution is 5.80. The number of guanidine groups is 1. The Hall–Kier alpha value is -2.32. The second kappa shape index (κ2) is 9.74. The summed E-state index contributed by atoms with van der Waals surface area (Å²) in [5.41, 5.74) is 1.78. The summed E-state index contributed by atoms with van der Waals surface area (Å²) in [5, 5.41) is 15.7. The van der Waals surface area contributed by atoms with Crippen LogP contribution >= 0.6 is 0 Å². The fourth-order valence-electron chi connectivity index (χ4n) is 2.81. The Labute approximate surface area is 145 Å². The third-order valence-electron chi connectivity index (χ3n) is 4.16. The third kappa shape index (κ3) is 5.71. The van der Waals surface area contributed by atoms with Crippen LogP contribution in [-0.2, 0) is 6.54 Å². The Morgan fingerprint density at radius 3 is 2.67 bits per heavy atom. The van der Waals surface area contributed by atoms with Crippen molar-refractivity contribution >= 4 is 5.96 Å². The molecule has 0 bridgehead atoms. The maximum absolute atomic E-state index is 8.84. The van der Waals surface area contributed by atoms with E-state index in [1.807, 2.05) is 30.3 Å². The molecule has 0 amide bonds. The van der Waals surface area contributed by atoms with E-state index in [1.165, 1.54) is 0 Å². The molecule has 2 N–H and O–H groups in total. The van der Waals surface area contributed by atoms with Gasteiger partial charge in [-0.05, 0) is 37.5 Å². The number of hydrogen-bond donors (Lipinski definition) is 2. The second-order valence-corrected chi connectivity index (χ2v) is 6.01. The summed E-state index contributed by atoms with van der Waals surface area (Å²) in [7, 11) is 0. The molecule has 1 fully saturated rings. The van der Waals surface area contributed by atoms with Gasteiger partial charge < -0.3 is 10.6 Å². The van der Waals surface area contributed by atoms with Gasteiger partial charge in [0.1, 0.15) is 0 Å². The average Bonchev–Trinajstić information content (AvgIpc) is 2.62. The van der Waals surface area contributed by atoms with E-state index in [-0.39, 0.29) is 0 Å². The van der Waals surface area contributed by atoms with E-state index in [4.69, 9.17) is 5.26 Å². The third-order valence-corrected chi connectivity index (χ3v) is 4.16. The van der Waals surface area contributed by atoms with E-state index in [2.05, 4.69) is 40.1 Å². The highest BCUT2D eigenvalue weighted by Crippen LogP contribution is 2.10. The number of nitriles is 1. The molecule has 128 valence electrons. The molecule has 1 aliphatic heterocycles. The molecule has 5 nitrogen and oxygen atoms in total. The van der Waals surface area contributed by atoms with Crippen LogP contribution in [0.2, 0.25) is 0 Å². The summed E-state index contributed by atoms with van der Waals surface area (Å²) in [6.07, 6.45) is 4.21. The summed E-state index contributed by atoms with van der Waals surface area (Å²) < 4.78 is 0. The van der Waals surface area contributed by atoms with E-state index < -0.39 is 0 Å². The monoisotopic (exact) mass is 325 g/mol. The van der Waals surface area contributed by atoms with Crippen LogP contribution in [0.5, 0.6) is 0 Å². The first-order valence-electron chi connectivity index (χ1n) is 8.62. The van der Waals surface area contributed by atoms with Gasteiger partial charge in [-0.1, -0.05) is 18.2 Å². The van der Waals surface area contributed by atoms with Crippen molar-refractivity contribution in [3.8, 4) is 6.07 Å². The summed E-state index contributed by atoms with van der Waals surface area (Å²) in [6.45, 7) is 10.5. The zero-order valence-electron chi connectivity index (χ0n) is 14.5. The van der Waals surface area contributed by atoms with E-state index >= 15 is 0 Å². The largest absolute Gasteiger partial charge is 0.357 e. The first kappa shape index (κ1) is 18.0. The van der Waals surface area contributed by atoms with Crippen molar-refractivity contribution in [1.29, 1.82) is 5.26 Å². The quantitative estimate of drug-likeness (QED) is 0.478. The van der Waals surface area contributed by atoms with E-state index in [1.54, 1.807) is 0 Å². The topological polar surface area (TPSA) is 63.5 Å². The SMILES string of the molecule is C=CCN1CCC(NC(=NCc2ccc(C#N)cc2)NCC)CC1. The van der Waals surface area contributed by atoms with Gasteiger partial charge in [0.05, 0.1) is 18.2 Å². The lowest BCUT2D eigenvalue weighted by molar-refractivity contribution is 0.225. The molecular weight excluding hydrogens is 298 g/mol. The molecule has 1 aromatic carbocycles. The molecule has 0 saturated carbocycles. The molecule has 1 heterocycles. The van der Waals surface area contributed by atoms with Gasteiger partial charge in [-0.15, -0.1) is 6.58 Å². The lowest BCUT2D eigenvalue weighted by Gasteiger charge is -2.32. The van der Waals surface area contributed by atoms with Crippen LogP contribution in [0.4, 0.5) is 0 Å². The number of likely N-dealkylation sites (tertiary alicyclic amines) is 1. The molecule has 0 radical (unpaired) electrons. The summed E-state index contributed by atoms with van der Waals surface area (Å²) in [5.74, 6) is 0.865. The minimum atomic E-state index is 0.463. The predicted molar refractivity (Wildman–Crippen MR) is 98.8 cm³/mol. The number of nitrogens with one attached hydrogen (secondary N) is 2. The Morgan fingerprint density at radius 2 is 2.08 bits per heavy atom. The number of piperidine rings is 1. The fourth-order valence-corrected chi connectivity index (χ4v) is 2.81. The van der Waals surface area contributed by atoms with Crippen LogP contribution in [0, 0.1) is 11.3 Å². The van der Waals surface area contributed by atoms with E-state index in [0.29, 0.717) is 18.2 Å². The second-order valence-electron chi connectivity index (χ2n) is 6.01. The molecule has 5 heteroatoms. The van der Waals surface area contributed by atoms with Crippen LogP contribution in [-0.4, -0.2) is 43.1 Å². The Balaban J connectivity index is 1.88. The van der Waals surface area contributed by atoms with Gasteiger partial charge in [0.15, 0.2) is 5.96 Å². The lowest BCUT2D eigenvalue weighted by atomic mass is 10.1. The first-order valence-corrected chi connectivity index (χ1v) is 8.62. The molecule has 1 aromatic rings. The number of rotatable bonds is 6. The summed E-state index contributed by atoms with van der Waals surface area (Å²) in [4.78, 5) is 7.09. The average molecular weight is 325 g/mol. The minimum absolute atomic E-state index is 0.463. The van der Waals surface area contributed by atoms with Crippen molar-refractivity contribution in [2.24, 2.45) is 4.99 Å². The zero-order valence-corrected chi connectivity index (χ0v) is 14.5. The van der Waals surface area contributed by atoms with Crippen molar-refractivity contribution < 1.29 is 0 Å². The van der Waals surface area contributed by atoms with Crippen molar-refractivity contribution in [2.45, 2.75) is 32.4 Å². The highest BCUT2D eigenvalue weighted by Gasteiger charge is 2.18. The molecule has 1 saturated heterocycles. The van der Waals surface area contributed by atoms with Crippen molar-refractivity contribution in [3.05, 3.63) is 48.0 Å². The molecule has 0 aromatic heterocycles. The van der Waals surface area contributed by atoms with E-state index in [9.17, 15) is 0 Å². The molecule has 0 aliphatic carbocycles. The highest BCUT2D eigenvalue weighted by atomic mass is 15.2. The van der Waals surface area contributed by atoms with Crippen molar-refractivity contribution in [1.82, 2.24) is 15.5 Å². The predicted octanol–water partition coefficient (Wildman–Crippen LogP) is 2.26. The zero-order chi connectivity index (χ0) is 17.2. The molecule has 0 spiro atoms. The molecule has 24 heavy (non-hydrogen) atoms. The first-order chi connectivity index (χ1) is 11.7. The number of nitrogens with zero attached hydrogens (tertiary/aromatic N) is 3. The van der Waals surface area contributed by atoms with Gasteiger partial charge in [-0.2, -0.15) is 5.26 Å². The standard InChI is InChI=1S/C19H27N5/c1-3-11-24-12-9-18(10-13-24)23-19(21-4-2)22-15-17-7-5-16(14-20)6-8-17/h3,5-8,18H,1,4,9-13,15H2,2H3,(H2,21,22,23). The smallest absolute Gasteiger partial charge is 0.191 e. The Kier molecular flexibility index (Phi) is 7.31. The van der Waals surface area contributed by atoms with Gasteiger partial charge in [0.2, 0.25) is 0 Å². The van der Waals surface area contributed by atoms with Gasteiger partial charge in [0.25, 0.3) is 0 Å². The van der Waals surface area contributed by atoms with Gasteiger partial charge in [-0.3, -0.25) is 4.90 Å². The van der Waals surface area contributed by atoms with Crippen LogP contribution in [0.15, 0.2) is 41.9 Å². The number of benzene rings is 1. The maximum Gasteiger partial charge on any atom is 0.191 e. The fraction of sp³-hybridized carbons (Fsp3) is 0.474. The van der Waals surface area contributed by atoms with Crippen molar-refractivity contribution in [3.63, 3.8) is 0 Å². The van der Waals surface area contributed by atoms with E-state index in [0.717, 1.165) is 50.5 Å². The number of hydrogen-bond acceptors (Lipinski definition) is 3. The van der Waals surface area contributed by atoms with Gasteiger partial charge >= 0.3 is 0 Å². The molecule has 0 unspecified atom stereocenters. The van der Waals surface area contributed by atoms with Crippen LogP contribution < -0.4 is 10.6 Å². The van der Waals surface area contributed by atoms with Crippen LogP contribution in [0.25, 0.3) is 0 Å². The Bertz CT molecular complexity index is 577. The minimum Gasteiger partial charge on any atom is -0.357 e. The molecule has 1 aliphatic rings. The van der Waals surface area contributed by atoms with Crippen molar-refractivity contribution in [2.75, 3.05) is 26.2 Å². The van der Waals surface area contributed by atoms with Gasteiger partial charge in [0, 0.05) is 32.2 Å². The Morgan fingerprint density at radius 1 is 1.38 bits per heavy atom. The summed E-state index contributed by atoms with van der Waals surface area (Å²) >= 11 is 0. The molecule has 2 rings (SSSR count). The maximum atomic E-state index is 8.84. The molecular formula is C19H27N5. The number of aliphatic imine (C=N–C) groups is 1. The van der Waals surface area contributed by atoms with Crippen LogP contribution in [0.1, 0.15) is 30.9 Å². The molecule has 0 atom stereocenters.